The fourth-order valence-corrected chi connectivity index (χ4v) is 3.36. The maximum absolute atomic E-state index is 13.4. The van der Waals surface area contributed by atoms with E-state index in [0.29, 0.717) is 36.4 Å². The van der Waals surface area contributed by atoms with Crippen molar-refractivity contribution in [2.75, 3.05) is 19.7 Å². The van der Waals surface area contributed by atoms with Crippen molar-refractivity contribution in [2.24, 2.45) is 0 Å². The van der Waals surface area contributed by atoms with Crippen LogP contribution < -0.4 is 10.9 Å². The lowest BCUT2D eigenvalue weighted by atomic mass is 10.1. The van der Waals surface area contributed by atoms with Crippen LogP contribution in [0.25, 0.3) is 5.65 Å². The van der Waals surface area contributed by atoms with Gasteiger partial charge < -0.3 is 15.0 Å². The number of hydrogen-bond donors (Lipinski definition) is 1. The number of nitrogens with one attached hydrogen (secondary N) is 1. The van der Waals surface area contributed by atoms with E-state index >= 15 is 0 Å². The SMILES string of the molecule is O=C(NC[C@@H]1CCCO1)N1CCc2nc3ccc(F)cn3c(=O)c2C1. The summed E-state index contributed by atoms with van der Waals surface area (Å²) in [6.45, 7) is 1.89. The van der Waals surface area contributed by atoms with Gasteiger partial charge in [0.25, 0.3) is 5.56 Å². The van der Waals surface area contributed by atoms with Gasteiger partial charge in [-0.3, -0.25) is 9.20 Å². The number of aromatic nitrogens is 2. The Labute approximate surface area is 143 Å². The molecule has 1 N–H and O–H groups in total. The van der Waals surface area contributed by atoms with Gasteiger partial charge in [-0.2, -0.15) is 0 Å². The minimum Gasteiger partial charge on any atom is -0.376 e. The smallest absolute Gasteiger partial charge is 0.317 e. The molecule has 1 saturated heterocycles. The summed E-state index contributed by atoms with van der Waals surface area (Å²) in [5, 5.41) is 2.86. The van der Waals surface area contributed by atoms with Gasteiger partial charge in [0, 0.05) is 32.3 Å². The van der Waals surface area contributed by atoms with Crippen LogP contribution >= 0.6 is 0 Å². The molecule has 0 spiro atoms. The monoisotopic (exact) mass is 346 g/mol. The summed E-state index contributed by atoms with van der Waals surface area (Å²) < 4.78 is 20.1. The number of nitrogens with zero attached hydrogens (tertiary/aromatic N) is 3. The number of carbonyl (C=O) groups excluding carboxylic acids is 1. The molecular weight excluding hydrogens is 327 g/mol. The Morgan fingerprint density at radius 3 is 3.12 bits per heavy atom. The molecule has 8 heteroatoms. The van der Waals surface area contributed by atoms with Crippen LogP contribution in [0, 0.1) is 5.82 Å². The van der Waals surface area contributed by atoms with Crippen molar-refractivity contribution in [3.8, 4) is 0 Å². The van der Waals surface area contributed by atoms with Gasteiger partial charge in [0.05, 0.1) is 23.9 Å². The Balaban J connectivity index is 1.53. The summed E-state index contributed by atoms with van der Waals surface area (Å²) in [7, 11) is 0. The highest BCUT2D eigenvalue weighted by Crippen LogP contribution is 2.16. The summed E-state index contributed by atoms with van der Waals surface area (Å²) in [6, 6.07) is 2.55. The lowest BCUT2D eigenvalue weighted by Gasteiger charge is -2.28. The molecule has 25 heavy (non-hydrogen) atoms. The molecule has 1 atom stereocenters. The van der Waals surface area contributed by atoms with Gasteiger partial charge in [0.1, 0.15) is 11.5 Å². The second-order valence-electron chi connectivity index (χ2n) is 6.41. The Hall–Kier alpha value is -2.48. The first-order valence-electron chi connectivity index (χ1n) is 8.46. The first-order chi connectivity index (χ1) is 12.1. The molecule has 0 aliphatic carbocycles. The van der Waals surface area contributed by atoms with Crippen LogP contribution in [-0.4, -0.2) is 46.1 Å². The first-order valence-corrected chi connectivity index (χ1v) is 8.46. The molecule has 2 aliphatic rings. The van der Waals surface area contributed by atoms with E-state index in [1.165, 1.54) is 16.5 Å². The number of ether oxygens (including phenoxy) is 1. The molecular formula is C17H19FN4O3. The minimum atomic E-state index is -0.502. The third-order valence-electron chi connectivity index (χ3n) is 4.73. The molecule has 7 nitrogen and oxygen atoms in total. The number of urea groups is 1. The normalized spacial score (nSPS) is 19.9. The fraction of sp³-hybridized carbons (Fsp3) is 0.471. The summed E-state index contributed by atoms with van der Waals surface area (Å²) in [6.07, 6.45) is 3.67. The maximum Gasteiger partial charge on any atom is 0.317 e. The molecule has 0 aromatic carbocycles. The highest BCUT2D eigenvalue weighted by atomic mass is 19.1. The lowest BCUT2D eigenvalue weighted by molar-refractivity contribution is 0.108. The topological polar surface area (TPSA) is 75.9 Å². The van der Waals surface area contributed by atoms with E-state index in [0.717, 1.165) is 25.6 Å². The predicted octanol–water partition coefficient (Wildman–Crippen LogP) is 1.08. The highest BCUT2D eigenvalue weighted by Gasteiger charge is 2.26. The average molecular weight is 346 g/mol. The van der Waals surface area contributed by atoms with Crippen LogP contribution in [0.2, 0.25) is 0 Å². The van der Waals surface area contributed by atoms with Crippen LogP contribution in [0.3, 0.4) is 0 Å². The molecule has 0 saturated carbocycles. The van der Waals surface area contributed by atoms with Crippen molar-refractivity contribution in [1.82, 2.24) is 19.6 Å². The van der Waals surface area contributed by atoms with E-state index in [4.69, 9.17) is 4.74 Å². The Morgan fingerprint density at radius 1 is 1.44 bits per heavy atom. The molecule has 2 aliphatic heterocycles. The van der Waals surface area contributed by atoms with E-state index in [-0.39, 0.29) is 24.2 Å². The summed E-state index contributed by atoms with van der Waals surface area (Å²) in [5.41, 5.74) is 1.22. The Bertz CT molecular complexity index is 876. The number of rotatable bonds is 2. The molecule has 132 valence electrons. The maximum atomic E-state index is 13.4. The minimum absolute atomic E-state index is 0.0697. The molecule has 0 bridgehead atoms. The summed E-state index contributed by atoms with van der Waals surface area (Å²) >= 11 is 0. The van der Waals surface area contributed by atoms with Crippen molar-refractivity contribution < 1.29 is 13.9 Å². The number of halogens is 1. The van der Waals surface area contributed by atoms with Gasteiger partial charge in [-0.1, -0.05) is 0 Å². The number of fused-ring (bicyclic) bond motifs is 2. The summed E-state index contributed by atoms with van der Waals surface area (Å²) in [5.74, 6) is -0.502. The van der Waals surface area contributed by atoms with E-state index in [2.05, 4.69) is 10.3 Å². The zero-order chi connectivity index (χ0) is 17.4. The average Bonchev–Trinajstić information content (AvgIpc) is 3.14. The van der Waals surface area contributed by atoms with Crippen LogP contribution in [0.5, 0.6) is 0 Å². The molecule has 2 aromatic heterocycles. The number of amides is 2. The van der Waals surface area contributed by atoms with Crippen molar-refractivity contribution >= 4 is 11.7 Å². The largest absolute Gasteiger partial charge is 0.376 e. The van der Waals surface area contributed by atoms with Crippen molar-refractivity contribution in [1.29, 1.82) is 0 Å². The first kappa shape index (κ1) is 16.0. The third kappa shape index (κ3) is 3.09. The van der Waals surface area contributed by atoms with E-state index in [1.807, 2.05) is 0 Å². The van der Waals surface area contributed by atoms with E-state index < -0.39 is 5.82 Å². The van der Waals surface area contributed by atoms with Gasteiger partial charge in [-0.05, 0) is 25.0 Å². The van der Waals surface area contributed by atoms with Gasteiger partial charge in [-0.25, -0.2) is 14.2 Å². The lowest BCUT2D eigenvalue weighted by Crippen LogP contribution is -2.46. The quantitative estimate of drug-likeness (QED) is 0.883. The zero-order valence-electron chi connectivity index (χ0n) is 13.7. The number of pyridine rings is 1. The van der Waals surface area contributed by atoms with Crippen molar-refractivity contribution in [2.45, 2.75) is 31.9 Å². The second-order valence-corrected chi connectivity index (χ2v) is 6.41. The van der Waals surface area contributed by atoms with Gasteiger partial charge >= 0.3 is 6.03 Å². The van der Waals surface area contributed by atoms with Crippen molar-refractivity contribution in [3.05, 3.63) is 45.8 Å². The third-order valence-corrected chi connectivity index (χ3v) is 4.73. The Kier molecular flexibility index (Phi) is 4.12. The fourth-order valence-electron chi connectivity index (χ4n) is 3.36. The molecule has 4 heterocycles. The summed E-state index contributed by atoms with van der Waals surface area (Å²) in [4.78, 5) is 31.0. The Morgan fingerprint density at radius 2 is 2.32 bits per heavy atom. The van der Waals surface area contributed by atoms with Crippen molar-refractivity contribution in [3.63, 3.8) is 0 Å². The molecule has 2 aromatic rings. The number of hydrogen-bond acceptors (Lipinski definition) is 4. The van der Waals surface area contributed by atoms with Crippen LogP contribution in [-0.2, 0) is 17.7 Å². The second kappa shape index (κ2) is 6.44. The number of carbonyl (C=O) groups is 1. The van der Waals surface area contributed by atoms with Crippen LogP contribution in [0.1, 0.15) is 24.1 Å². The van der Waals surface area contributed by atoms with Crippen LogP contribution in [0.4, 0.5) is 9.18 Å². The standard InChI is InChI=1S/C17H19FN4O3/c18-11-3-4-15-20-14-5-6-21(10-13(14)16(23)22(15)9-11)17(24)19-8-12-2-1-7-25-12/h3-4,9,12H,1-2,5-8,10H2,(H,19,24)/t12-/m0/s1. The highest BCUT2D eigenvalue weighted by molar-refractivity contribution is 5.74. The van der Waals surface area contributed by atoms with Gasteiger partial charge in [0.15, 0.2) is 0 Å². The zero-order valence-corrected chi connectivity index (χ0v) is 13.7. The van der Waals surface area contributed by atoms with Crippen LogP contribution in [0.15, 0.2) is 23.1 Å². The molecule has 2 amide bonds. The molecule has 0 radical (unpaired) electrons. The van der Waals surface area contributed by atoms with Gasteiger partial charge in [0.2, 0.25) is 0 Å². The molecule has 0 unspecified atom stereocenters. The van der Waals surface area contributed by atoms with E-state index in [9.17, 15) is 14.0 Å². The van der Waals surface area contributed by atoms with E-state index in [1.54, 1.807) is 4.90 Å². The molecule has 4 rings (SSSR count). The van der Waals surface area contributed by atoms with Gasteiger partial charge in [-0.15, -0.1) is 0 Å². The predicted molar refractivity (Wildman–Crippen MR) is 87.9 cm³/mol. The molecule has 1 fully saturated rings.